The van der Waals surface area contributed by atoms with E-state index in [1.54, 1.807) is 23.5 Å². The summed E-state index contributed by atoms with van der Waals surface area (Å²) < 4.78 is 0. The van der Waals surface area contributed by atoms with E-state index < -0.39 is 12.1 Å². The van der Waals surface area contributed by atoms with E-state index in [-0.39, 0.29) is 35.1 Å². The lowest BCUT2D eigenvalue weighted by Crippen LogP contribution is -2.72. The highest BCUT2D eigenvalue weighted by molar-refractivity contribution is 8.00. The van der Waals surface area contributed by atoms with Crippen molar-refractivity contribution in [3.63, 3.8) is 0 Å². The Balaban J connectivity index is 1.54. The van der Waals surface area contributed by atoms with Gasteiger partial charge in [-0.25, -0.2) is 9.78 Å². The molecule has 2 aliphatic heterocycles. The van der Waals surface area contributed by atoms with Gasteiger partial charge in [0.15, 0.2) is 5.13 Å². The minimum absolute atomic E-state index is 0.149. The fraction of sp³-hybridized carbons (Fsp3) is 0.368. The van der Waals surface area contributed by atoms with Crippen LogP contribution < -0.4 is 16.0 Å². The number of nitrogens with zero attached hydrogens (tertiary/aromatic N) is 3. The van der Waals surface area contributed by atoms with Gasteiger partial charge in [0.1, 0.15) is 0 Å². The number of benzene rings is 1. The van der Waals surface area contributed by atoms with Gasteiger partial charge in [-0.2, -0.15) is 0 Å². The summed E-state index contributed by atoms with van der Waals surface area (Å²) in [6, 6.07) is 9.39. The Bertz CT molecular complexity index is 926. The number of thiazole rings is 1. The van der Waals surface area contributed by atoms with Gasteiger partial charge in [-0.05, 0) is 5.56 Å². The number of hydrogen-bond donors (Lipinski definition) is 3. The van der Waals surface area contributed by atoms with Crippen LogP contribution in [-0.4, -0.2) is 64.0 Å². The van der Waals surface area contributed by atoms with Crippen molar-refractivity contribution in [2.45, 2.75) is 17.7 Å². The minimum atomic E-state index is -0.532. The number of aromatic nitrogens is 1. The number of urea groups is 1. The number of rotatable bonds is 5. The number of anilines is 1. The molecule has 1 aromatic heterocycles. The van der Waals surface area contributed by atoms with E-state index in [2.05, 4.69) is 20.9 Å². The maximum absolute atomic E-state index is 12.9. The molecular formula is C19H22N6O3S2. The van der Waals surface area contributed by atoms with Crippen LogP contribution in [0.4, 0.5) is 9.93 Å². The van der Waals surface area contributed by atoms with Crippen LogP contribution in [0.25, 0.3) is 0 Å². The predicted molar refractivity (Wildman–Crippen MR) is 116 cm³/mol. The number of carbonyl (C=O) groups is 3. The van der Waals surface area contributed by atoms with Crippen LogP contribution in [0.2, 0.25) is 0 Å². The number of carbonyl (C=O) groups excluding carboxylic acids is 3. The van der Waals surface area contributed by atoms with Gasteiger partial charge in [0.05, 0.1) is 29.4 Å². The van der Waals surface area contributed by atoms with Crippen LogP contribution in [0.5, 0.6) is 0 Å². The maximum atomic E-state index is 12.9. The highest BCUT2D eigenvalue weighted by atomic mass is 32.2. The zero-order chi connectivity index (χ0) is 21.3. The molecule has 158 valence electrons. The molecule has 2 aromatic rings. The van der Waals surface area contributed by atoms with Crippen molar-refractivity contribution in [1.29, 1.82) is 0 Å². The van der Waals surface area contributed by atoms with Crippen LogP contribution in [0.3, 0.4) is 0 Å². The van der Waals surface area contributed by atoms with Crippen molar-refractivity contribution in [3.05, 3.63) is 47.5 Å². The highest BCUT2D eigenvalue weighted by Crippen LogP contribution is 2.34. The Labute approximate surface area is 182 Å². The number of fused-ring (bicyclic) bond motifs is 1. The summed E-state index contributed by atoms with van der Waals surface area (Å²) in [6.45, 7) is 0. The number of amides is 4. The molecule has 9 nitrogen and oxygen atoms in total. The molecule has 4 rings (SSSR count). The van der Waals surface area contributed by atoms with Gasteiger partial charge in [-0.1, -0.05) is 30.3 Å². The first-order valence-electron chi connectivity index (χ1n) is 9.38. The van der Waals surface area contributed by atoms with Gasteiger partial charge < -0.3 is 10.2 Å². The van der Waals surface area contributed by atoms with Gasteiger partial charge in [-0.3, -0.25) is 25.1 Å². The summed E-state index contributed by atoms with van der Waals surface area (Å²) >= 11 is 2.70. The summed E-state index contributed by atoms with van der Waals surface area (Å²) in [5, 5.41) is 11.5. The molecule has 2 saturated heterocycles. The van der Waals surface area contributed by atoms with Crippen molar-refractivity contribution >= 4 is 46.1 Å². The van der Waals surface area contributed by atoms with Gasteiger partial charge in [0, 0.05) is 25.7 Å². The van der Waals surface area contributed by atoms with E-state index in [4.69, 9.17) is 0 Å². The van der Waals surface area contributed by atoms with Crippen LogP contribution in [0, 0.1) is 5.92 Å². The minimum Gasteiger partial charge on any atom is -0.311 e. The third-order valence-corrected chi connectivity index (χ3v) is 7.07. The molecule has 1 aromatic carbocycles. The summed E-state index contributed by atoms with van der Waals surface area (Å²) in [4.78, 5) is 44.5. The van der Waals surface area contributed by atoms with E-state index in [1.165, 1.54) is 30.1 Å². The zero-order valence-corrected chi connectivity index (χ0v) is 18.1. The summed E-state index contributed by atoms with van der Waals surface area (Å²) in [7, 11) is 3.16. The molecule has 11 heteroatoms. The molecule has 4 amide bonds. The standard InChI is InChI=1S/C19H22N6O3S2/c1-24-15-13(17(27)25(2)19(24)28)16(23-14(22-15)11-6-4-3-5-7-11)30-10-12(26)21-18-20-8-9-29-18/h3-9,13-16,22-23H,10H2,1-2H3,(H,20,21,26). The predicted octanol–water partition coefficient (Wildman–Crippen LogP) is 1.50. The summed E-state index contributed by atoms with van der Waals surface area (Å²) in [6.07, 6.45) is 0.880. The normalized spacial score (nSPS) is 26.5. The van der Waals surface area contributed by atoms with Gasteiger partial charge in [-0.15, -0.1) is 23.1 Å². The lowest BCUT2D eigenvalue weighted by Gasteiger charge is -2.50. The second kappa shape index (κ2) is 8.72. The topological polar surface area (TPSA) is 107 Å². The van der Waals surface area contributed by atoms with Crippen LogP contribution >= 0.6 is 23.1 Å². The lowest BCUT2D eigenvalue weighted by molar-refractivity contribution is -0.140. The third kappa shape index (κ3) is 4.06. The van der Waals surface area contributed by atoms with E-state index in [1.807, 2.05) is 30.3 Å². The van der Waals surface area contributed by atoms with Crippen molar-refractivity contribution in [2.24, 2.45) is 5.92 Å². The molecule has 0 spiro atoms. The van der Waals surface area contributed by atoms with Crippen molar-refractivity contribution in [1.82, 2.24) is 25.4 Å². The molecular weight excluding hydrogens is 424 g/mol. The first kappa shape index (κ1) is 20.8. The molecule has 2 fully saturated rings. The quantitative estimate of drug-likeness (QED) is 0.639. The monoisotopic (exact) mass is 446 g/mol. The summed E-state index contributed by atoms with van der Waals surface area (Å²) in [5.74, 6) is -0.844. The van der Waals surface area contributed by atoms with Crippen LogP contribution in [-0.2, 0) is 9.59 Å². The molecule has 0 bridgehead atoms. The van der Waals surface area contributed by atoms with E-state index in [0.717, 1.165) is 10.5 Å². The largest absolute Gasteiger partial charge is 0.327 e. The van der Waals surface area contributed by atoms with E-state index >= 15 is 0 Å². The van der Waals surface area contributed by atoms with Crippen LogP contribution in [0.15, 0.2) is 41.9 Å². The first-order valence-corrected chi connectivity index (χ1v) is 11.3. The molecule has 2 aliphatic rings. The number of nitrogens with one attached hydrogen (secondary N) is 3. The van der Waals surface area contributed by atoms with Crippen LogP contribution in [0.1, 0.15) is 11.7 Å². The molecule has 0 aliphatic carbocycles. The highest BCUT2D eigenvalue weighted by Gasteiger charge is 2.51. The Morgan fingerprint density at radius 3 is 2.70 bits per heavy atom. The first-order chi connectivity index (χ1) is 14.5. The fourth-order valence-electron chi connectivity index (χ4n) is 3.64. The second-order valence-electron chi connectivity index (χ2n) is 7.06. The lowest BCUT2D eigenvalue weighted by atomic mass is 9.96. The zero-order valence-electron chi connectivity index (χ0n) is 16.4. The third-order valence-electron chi connectivity index (χ3n) is 5.16. The molecule has 3 heterocycles. The Morgan fingerprint density at radius 1 is 1.23 bits per heavy atom. The average Bonchev–Trinajstić information content (AvgIpc) is 3.27. The van der Waals surface area contributed by atoms with Crippen molar-refractivity contribution in [3.8, 4) is 0 Å². The van der Waals surface area contributed by atoms with E-state index in [0.29, 0.717) is 5.13 Å². The van der Waals surface area contributed by atoms with Gasteiger partial charge in [0.25, 0.3) is 0 Å². The fourth-order valence-corrected chi connectivity index (χ4v) is 5.30. The van der Waals surface area contributed by atoms with E-state index in [9.17, 15) is 14.4 Å². The molecule has 0 saturated carbocycles. The summed E-state index contributed by atoms with van der Waals surface area (Å²) in [5.41, 5.74) is 0.987. The Hall–Kier alpha value is -2.47. The molecule has 3 N–H and O–H groups in total. The molecule has 4 unspecified atom stereocenters. The maximum Gasteiger partial charge on any atom is 0.327 e. The molecule has 4 atom stereocenters. The SMILES string of the molecule is CN1C(=O)C2C(SCC(=O)Nc3nccs3)NC(c3ccccc3)NC2N(C)C1=O. The molecule has 0 radical (unpaired) electrons. The second-order valence-corrected chi connectivity index (χ2v) is 9.08. The smallest absolute Gasteiger partial charge is 0.311 e. The van der Waals surface area contributed by atoms with Crippen molar-refractivity contribution < 1.29 is 14.4 Å². The number of hydrogen-bond acceptors (Lipinski definition) is 8. The van der Waals surface area contributed by atoms with Gasteiger partial charge in [0.2, 0.25) is 11.8 Å². The van der Waals surface area contributed by atoms with Gasteiger partial charge >= 0.3 is 6.03 Å². The molecule has 30 heavy (non-hydrogen) atoms. The number of imide groups is 1. The number of thioether (sulfide) groups is 1. The van der Waals surface area contributed by atoms with Crippen molar-refractivity contribution in [2.75, 3.05) is 25.2 Å². The average molecular weight is 447 g/mol. The Kier molecular flexibility index (Phi) is 6.04. The Morgan fingerprint density at radius 2 is 2.00 bits per heavy atom.